The van der Waals surface area contributed by atoms with Crippen LogP contribution in [-0.2, 0) is 19.1 Å². The van der Waals surface area contributed by atoms with E-state index in [0.29, 0.717) is 12.3 Å². The molecule has 0 fully saturated rings. The fraction of sp³-hybridized carbons (Fsp3) is 0.600. The molecule has 1 aliphatic rings. The molecule has 0 spiro atoms. The zero-order valence-electron chi connectivity index (χ0n) is 19.4. The van der Waals surface area contributed by atoms with Crippen LogP contribution in [0.2, 0.25) is 0 Å². The number of cyclic esters (lactones) is 1. The Morgan fingerprint density at radius 3 is 2.58 bits per heavy atom. The maximum absolute atomic E-state index is 12.3. The predicted octanol–water partition coefficient (Wildman–Crippen LogP) is 3.89. The van der Waals surface area contributed by atoms with Crippen molar-refractivity contribution in [3.05, 3.63) is 47.6 Å². The second kappa shape index (κ2) is 14.0. The molecule has 1 aliphatic heterocycles. The maximum Gasteiger partial charge on any atom is 0.331 e. The maximum atomic E-state index is 12.3. The van der Waals surface area contributed by atoms with Crippen LogP contribution in [0, 0.1) is 17.8 Å². The first-order valence-electron chi connectivity index (χ1n) is 11.0. The molecule has 0 bridgehead atoms. The van der Waals surface area contributed by atoms with E-state index in [-0.39, 0.29) is 25.0 Å². The van der Waals surface area contributed by atoms with Gasteiger partial charge in [0.1, 0.15) is 6.10 Å². The Morgan fingerprint density at radius 2 is 1.97 bits per heavy atom. The highest BCUT2D eigenvalue weighted by molar-refractivity contribution is 5.85. The van der Waals surface area contributed by atoms with Gasteiger partial charge in [0.25, 0.3) is 0 Å². The van der Waals surface area contributed by atoms with Gasteiger partial charge in [0.05, 0.1) is 0 Å². The summed E-state index contributed by atoms with van der Waals surface area (Å²) in [6.45, 7) is 10.0. The van der Waals surface area contributed by atoms with Crippen molar-refractivity contribution in [1.82, 2.24) is 0 Å². The summed E-state index contributed by atoms with van der Waals surface area (Å²) in [7, 11) is 0. The number of carbonyl (C=O) groups is 2. The first-order valence-corrected chi connectivity index (χ1v) is 11.0. The van der Waals surface area contributed by atoms with Crippen molar-refractivity contribution in [2.45, 2.75) is 66.1 Å². The van der Waals surface area contributed by atoms with Crippen LogP contribution in [0.1, 0.15) is 53.9 Å². The average molecular weight is 435 g/mol. The number of esters is 2. The smallest absolute Gasteiger partial charge is 0.331 e. The molecule has 1 heterocycles. The molecular weight excluding hydrogens is 396 g/mol. The van der Waals surface area contributed by atoms with E-state index in [0.717, 1.165) is 18.4 Å². The number of ether oxygens (including phenoxy) is 2. The molecule has 0 aliphatic carbocycles. The molecule has 0 radical (unpaired) electrons. The van der Waals surface area contributed by atoms with Gasteiger partial charge >= 0.3 is 11.9 Å². The summed E-state index contributed by atoms with van der Waals surface area (Å²) in [5.74, 6) is -0.670. The Kier molecular flexibility index (Phi) is 12.1. The van der Waals surface area contributed by atoms with E-state index in [1.807, 2.05) is 20.8 Å². The third kappa shape index (κ3) is 10.1. The Bertz CT molecular complexity index is 703. The third-order valence-electron chi connectivity index (χ3n) is 5.46. The minimum atomic E-state index is -0.635. The highest BCUT2D eigenvalue weighted by Crippen LogP contribution is 2.28. The van der Waals surface area contributed by atoms with Crippen LogP contribution in [0.15, 0.2) is 47.6 Å². The minimum Gasteiger partial charge on any atom is -0.455 e. The van der Waals surface area contributed by atoms with Crippen molar-refractivity contribution in [3.63, 3.8) is 0 Å². The Labute approximate surface area is 186 Å². The van der Waals surface area contributed by atoms with Crippen LogP contribution in [0.25, 0.3) is 0 Å². The Morgan fingerprint density at radius 1 is 1.26 bits per heavy atom. The number of allylic oxidation sites excluding steroid dienone is 4. The van der Waals surface area contributed by atoms with Crippen LogP contribution in [-0.4, -0.2) is 47.6 Å². The van der Waals surface area contributed by atoms with E-state index in [4.69, 9.17) is 14.6 Å². The van der Waals surface area contributed by atoms with Crippen LogP contribution < -0.4 is 0 Å². The molecule has 174 valence electrons. The van der Waals surface area contributed by atoms with Crippen LogP contribution in [0.4, 0.5) is 0 Å². The van der Waals surface area contributed by atoms with E-state index < -0.39 is 24.1 Å². The second-order valence-corrected chi connectivity index (χ2v) is 8.52. The number of hydrogen-bond acceptors (Lipinski definition) is 6. The molecule has 6 nitrogen and oxygen atoms in total. The summed E-state index contributed by atoms with van der Waals surface area (Å²) in [5, 5.41) is 18.3. The van der Waals surface area contributed by atoms with Crippen molar-refractivity contribution in [2.75, 3.05) is 13.2 Å². The first-order chi connectivity index (χ1) is 14.7. The van der Waals surface area contributed by atoms with Crippen molar-refractivity contribution in [3.8, 4) is 0 Å². The van der Waals surface area contributed by atoms with E-state index in [2.05, 4.69) is 19.9 Å². The van der Waals surface area contributed by atoms with Gasteiger partial charge in [-0.15, -0.1) is 0 Å². The van der Waals surface area contributed by atoms with Gasteiger partial charge in [0, 0.05) is 31.3 Å². The predicted molar refractivity (Wildman–Crippen MR) is 121 cm³/mol. The molecule has 0 saturated carbocycles. The number of aliphatic hydroxyl groups excluding tert-OH is 2. The van der Waals surface area contributed by atoms with Crippen molar-refractivity contribution < 1.29 is 29.3 Å². The second-order valence-electron chi connectivity index (χ2n) is 8.52. The topological polar surface area (TPSA) is 93.1 Å². The largest absolute Gasteiger partial charge is 0.455 e. The normalized spacial score (nSPS) is 22.9. The van der Waals surface area contributed by atoms with Crippen LogP contribution in [0.3, 0.4) is 0 Å². The first kappa shape index (κ1) is 26.9. The highest BCUT2D eigenvalue weighted by Gasteiger charge is 2.34. The molecule has 0 aromatic carbocycles. The van der Waals surface area contributed by atoms with Crippen molar-refractivity contribution in [2.24, 2.45) is 17.8 Å². The Balaban J connectivity index is 2.76. The molecule has 5 atom stereocenters. The van der Waals surface area contributed by atoms with Gasteiger partial charge < -0.3 is 19.7 Å². The zero-order valence-corrected chi connectivity index (χ0v) is 19.4. The molecule has 31 heavy (non-hydrogen) atoms. The van der Waals surface area contributed by atoms with Crippen molar-refractivity contribution >= 4 is 11.9 Å². The molecule has 6 heteroatoms. The summed E-state index contributed by atoms with van der Waals surface area (Å²) in [6, 6.07) is 0. The summed E-state index contributed by atoms with van der Waals surface area (Å²) in [5.41, 5.74) is 2.10. The average Bonchev–Trinajstić information content (AvgIpc) is 2.72. The molecule has 1 rings (SSSR count). The molecule has 0 saturated heterocycles. The summed E-state index contributed by atoms with van der Waals surface area (Å²) >= 11 is 0. The monoisotopic (exact) mass is 434 g/mol. The quantitative estimate of drug-likeness (QED) is 0.209. The van der Waals surface area contributed by atoms with Gasteiger partial charge in [-0.05, 0) is 57.9 Å². The number of rotatable bonds is 12. The van der Waals surface area contributed by atoms with Gasteiger partial charge in [-0.1, -0.05) is 43.2 Å². The molecular formula is C25H38O6. The lowest BCUT2D eigenvalue weighted by atomic mass is 9.86. The van der Waals surface area contributed by atoms with E-state index in [9.17, 15) is 14.7 Å². The fourth-order valence-electron chi connectivity index (χ4n) is 3.78. The lowest BCUT2D eigenvalue weighted by molar-refractivity contribution is -0.164. The lowest BCUT2D eigenvalue weighted by Crippen LogP contribution is -2.41. The molecule has 5 unspecified atom stereocenters. The SMILES string of the molecule is CC=C(C)CC(C)CC(C)C1OC(=O)C=CC1OC(=O)C=CC(C)=CC(CO)CCO. The minimum absolute atomic E-state index is 0.0139. The summed E-state index contributed by atoms with van der Waals surface area (Å²) < 4.78 is 11.1. The number of carbonyl (C=O) groups excluding carboxylic acids is 2. The zero-order chi connectivity index (χ0) is 23.4. The molecule has 2 N–H and O–H groups in total. The fourth-order valence-corrected chi connectivity index (χ4v) is 3.78. The van der Waals surface area contributed by atoms with Gasteiger partial charge in [-0.25, -0.2) is 9.59 Å². The third-order valence-corrected chi connectivity index (χ3v) is 5.46. The van der Waals surface area contributed by atoms with Crippen LogP contribution in [0.5, 0.6) is 0 Å². The van der Waals surface area contributed by atoms with Crippen molar-refractivity contribution in [1.29, 1.82) is 0 Å². The Hall–Kier alpha value is -2.18. The van der Waals surface area contributed by atoms with Gasteiger partial charge in [-0.3, -0.25) is 0 Å². The van der Waals surface area contributed by atoms with Gasteiger partial charge in [0.2, 0.25) is 0 Å². The molecule has 0 amide bonds. The molecule has 0 aromatic rings. The molecule has 0 aromatic heterocycles. The highest BCUT2D eigenvalue weighted by atomic mass is 16.6. The summed E-state index contributed by atoms with van der Waals surface area (Å²) in [4.78, 5) is 24.1. The van der Waals surface area contributed by atoms with Gasteiger partial charge in [-0.2, -0.15) is 0 Å². The number of hydrogen-bond donors (Lipinski definition) is 2. The van der Waals surface area contributed by atoms with Crippen LogP contribution >= 0.6 is 0 Å². The van der Waals surface area contributed by atoms with E-state index in [1.54, 1.807) is 18.2 Å². The van der Waals surface area contributed by atoms with E-state index >= 15 is 0 Å². The lowest BCUT2D eigenvalue weighted by Gasteiger charge is -2.32. The summed E-state index contributed by atoms with van der Waals surface area (Å²) in [6.07, 6.45) is 10.8. The standard InChI is InChI=1S/C25H38O6/c1-6-17(2)13-19(4)14-20(5)25-22(8-10-24(29)31-25)30-23(28)9-7-18(3)15-21(16-27)11-12-26/h6-10,15,19-22,25-27H,11-14,16H2,1-5H3. The van der Waals surface area contributed by atoms with E-state index in [1.165, 1.54) is 17.7 Å². The number of aliphatic hydroxyl groups is 2. The van der Waals surface area contributed by atoms with Gasteiger partial charge in [0.15, 0.2) is 6.10 Å².